The van der Waals surface area contributed by atoms with Gasteiger partial charge >= 0.3 is 0 Å². The quantitative estimate of drug-likeness (QED) is 0.233. The summed E-state index contributed by atoms with van der Waals surface area (Å²) in [4.78, 5) is 2.46. The van der Waals surface area contributed by atoms with Crippen molar-refractivity contribution in [2.24, 2.45) is 0 Å². The van der Waals surface area contributed by atoms with Gasteiger partial charge in [-0.2, -0.15) is 0 Å². The van der Waals surface area contributed by atoms with Crippen LogP contribution < -0.4 is 10.6 Å². The molecule has 0 bridgehead atoms. The Balaban J connectivity index is 1.67. The fourth-order valence-corrected chi connectivity index (χ4v) is 5.92. The molecule has 0 saturated heterocycles. The molecule has 4 rings (SSSR count). The highest BCUT2D eigenvalue weighted by Crippen LogP contribution is 2.39. The second-order valence-electron chi connectivity index (χ2n) is 16.0. The molecular weight excluding hydrogens is 541 g/mol. The lowest BCUT2D eigenvalue weighted by atomic mass is 9.86. The Morgan fingerprint density at radius 1 is 0.349 bits per heavy atom. The largest absolute Gasteiger partial charge is 0.355 e. The number of nitrogens with one attached hydrogen (secondary N) is 2. The Morgan fingerprint density at radius 2 is 0.651 bits per heavy atom. The number of benzene rings is 4. The van der Waals surface area contributed by atoms with E-state index in [4.69, 9.17) is 0 Å². The Morgan fingerprint density at radius 3 is 0.930 bits per heavy atom. The van der Waals surface area contributed by atoms with Crippen molar-refractivity contribution < 1.29 is 0 Å². The first-order valence-corrected chi connectivity index (χ1v) is 16.3. The molecule has 0 aromatic heterocycles. The maximum Gasteiger partial charge on any atom is 0.0398 e. The highest BCUT2D eigenvalue weighted by Gasteiger charge is 2.19. The molecule has 0 aliphatic rings. The van der Waals surface area contributed by atoms with Gasteiger partial charge in [0.15, 0.2) is 0 Å². The van der Waals surface area contributed by atoms with Crippen molar-refractivity contribution in [3.8, 4) is 0 Å². The predicted molar refractivity (Wildman–Crippen MR) is 191 cm³/mol. The van der Waals surface area contributed by atoms with Crippen LogP contribution >= 0.6 is 11.8 Å². The van der Waals surface area contributed by atoms with E-state index in [0.29, 0.717) is 0 Å². The van der Waals surface area contributed by atoms with Crippen LogP contribution in [0.5, 0.6) is 0 Å². The van der Waals surface area contributed by atoms with E-state index in [1.807, 2.05) is 11.8 Å². The zero-order valence-corrected chi connectivity index (χ0v) is 29.3. The second kappa shape index (κ2) is 12.1. The summed E-state index contributed by atoms with van der Waals surface area (Å²) in [6.45, 7) is 27.2. The topological polar surface area (TPSA) is 24.1 Å². The average molecular weight is 593 g/mol. The maximum atomic E-state index is 3.69. The molecular formula is C40H52N2S. The van der Waals surface area contributed by atoms with Crippen LogP contribution in [0.15, 0.2) is 94.7 Å². The minimum Gasteiger partial charge on any atom is -0.355 e. The average Bonchev–Trinajstić information content (AvgIpc) is 2.87. The number of hydrogen-bond donors (Lipinski definition) is 2. The van der Waals surface area contributed by atoms with Crippen LogP contribution in [0.2, 0.25) is 0 Å². The molecule has 3 heteroatoms. The van der Waals surface area contributed by atoms with Crippen molar-refractivity contribution >= 4 is 34.5 Å². The van der Waals surface area contributed by atoms with Gasteiger partial charge in [0.25, 0.3) is 0 Å². The van der Waals surface area contributed by atoms with E-state index < -0.39 is 0 Å². The third-order valence-corrected chi connectivity index (χ3v) is 8.80. The number of hydrogen-bond acceptors (Lipinski definition) is 3. The van der Waals surface area contributed by atoms with Gasteiger partial charge in [0.1, 0.15) is 0 Å². The summed E-state index contributed by atoms with van der Waals surface area (Å²) in [5.41, 5.74) is 10.1. The van der Waals surface area contributed by atoms with Crippen LogP contribution in [0.1, 0.15) is 105 Å². The molecule has 4 aromatic carbocycles. The van der Waals surface area contributed by atoms with Gasteiger partial charge in [-0.15, -0.1) is 0 Å². The molecule has 0 atom stereocenters. The van der Waals surface area contributed by atoms with E-state index in [2.05, 4.69) is 179 Å². The third-order valence-electron chi connectivity index (χ3n) is 7.86. The molecule has 0 saturated carbocycles. The molecule has 0 aliphatic heterocycles. The van der Waals surface area contributed by atoms with Crippen LogP contribution in [0.25, 0.3) is 0 Å². The smallest absolute Gasteiger partial charge is 0.0398 e. The second-order valence-corrected chi connectivity index (χ2v) is 17.1. The van der Waals surface area contributed by atoms with E-state index in [-0.39, 0.29) is 21.7 Å². The molecule has 2 N–H and O–H groups in total. The van der Waals surface area contributed by atoms with Crippen molar-refractivity contribution in [3.05, 3.63) is 107 Å². The monoisotopic (exact) mass is 592 g/mol. The summed E-state index contributed by atoms with van der Waals surface area (Å²) in [5.74, 6) is 0. The molecule has 228 valence electrons. The lowest BCUT2D eigenvalue weighted by Crippen LogP contribution is -2.12. The van der Waals surface area contributed by atoms with E-state index in [1.54, 1.807) is 0 Å². The zero-order chi connectivity index (χ0) is 31.8. The fraction of sp³-hybridized carbons (Fsp3) is 0.400. The van der Waals surface area contributed by atoms with Gasteiger partial charge in [-0.1, -0.05) is 119 Å². The van der Waals surface area contributed by atoms with Gasteiger partial charge in [0, 0.05) is 32.5 Å². The Kier molecular flexibility index (Phi) is 9.20. The van der Waals surface area contributed by atoms with Crippen molar-refractivity contribution in [3.63, 3.8) is 0 Å². The first kappa shape index (κ1) is 32.7. The molecule has 0 amide bonds. The summed E-state index contributed by atoms with van der Waals surface area (Å²) in [6, 6.07) is 31.5. The molecule has 0 fully saturated rings. The molecule has 0 spiro atoms. The molecule has 0 heterocycles. The van der Waals surface area contributed by atoms with Crippen LogP contribution in [-0.2, 0) is 21.7 Å². The first-order valence-electron chi connectivity index (χ1n) is 15.5. The molecule has 2 nitrogen and oxygen atoms in total. The Hall–Kier alpha value is -3.17. The summed E-state index contributed by atoms with van der Waals surface area (Å²) in [6.07, 6.45) is 0. The summed E-state index contributed by atoms with van der Waals surface area (Å²) < 4.78 is 0. The highest BCUT2D eigenvalue weighted by atomic mass is 32.2. The van der Waals surface area contributed by atoms with Crippen molar-refractivity contribution in [1.82, 2.24) is 0 Å². The standard InChI is InChI=1S/C40H52N2S/c1-37(2,3)27-13-17-31(18-14-27)41-33-21-29(39(7,8)9)23-35(25-33)43-36-24-30(40(10,11)12)22-34(26-36)42-32-19-15-28(16-20-32)38(4,5)6/h13-26,41-42H,1-12H3. The van der Waals surface area contributed by atoms with Gasteiger partial charge in [-0.25, -0.2) is 0 Å². The third kappa shape index (κ3) is 8.92. The molecule has 43 heavy (non-hydrogen) atoms. The summed E-state index contributed by atoms with van der Waals surface area (Å²) in [7, 11) is 0. The van der Waals surface area contributed by atoms with Gasteiger partial charge in [0.2, 0.25) is 0 Å². The molecule has 0 radical (unpaired) electrons. The van der Waals surface area contributed by atoms with Gasteiger partial charge < -0.3 is 10.6 Å². The van der Waals surface area contributed by atoms with Gasteiger partial charge in [-0.3, -0.25) is 0 Å². The van der Waals surface area contributed by atoms with Gasteiger partial charge in [-0.05, 0) is 105 Å². The SMILES string of the molecule is CC(C)(C)c1ccc(Nc2cc(Sc3cc(Nc4ccc(C(C)(C)C)cc4)cc(C(C)(C)C)c3)cc(C(C)(C)C)c2)cc1. The van der Waals surface area contributed by atoms with Gasteiger partial charge in [0.05, 0.1) is 0 Å². The molecule has 0 unspecified atom stereocenters. The highest BCUT2D eigenvalue weighted by molar-refractivity contribution is 7.99. The maximum absolute atomic E-state index is 3.69. The normalized spacial score (nSPS) is 12.7. The Bertz CT molecular complexity index is 1420. The minimum absolute atomic E-state index is 0.0300. The summed E-state index contributed by atoms with van der Waals surface area (Å²) in [5, 5.41) is 7.38. The number of anilines is 4. The lowest BCUT2D eigenvalue weighted by Gasteiger charge is -2.24. The fourth-order valence-electron chi connectivity index (χ4n) is 4.90. The first-order chi connectivity index (χ1) is 19.8. The molecule has 0 aliphatic carbocycles. The van der Waals surface area contributed by atoms with Crippen LogP contribution in [-0.4, -0.2) is 0 Å². The Labute approximate surface area is 266 Å². The van der Waals surface area contributed by atoms with Crippen LogP contribution in [0.3, 0.4) is 0 Å². The molecule has 4 aromatic rings. The summed E-state index contributed by atoms with van der Waals surface area (Å²) >= 11 is 1.83. The van der Waals surface area contributed by atoms with E-state index in [9.17, 15) is 0 Å². The lowest BCUT2D eigenvalue weighted by molar-refractivity contribution is 0.588. The van der Waals surface area contributed by atoms with Crippen LogP contribution in [0, 0.1) is 0 Å². The van der Waals surface area contributed by atoms with Crippen molar-refractivity contribution in [2.45, 2.75) is 115 Å². The van der Waals surface area contributed by atoms with Crippen LogP contribution in [0.4, 0.5) is 22.7 Å². The predicted octanol–water partition coefficient (Wildman–Crippen LogP) is 12.5. The van der Waals surface area contributed by atoms with Crippen molar-refractivity contribution in [1.29, 1.82) is 0 Å². The van der Waals surface area contributed by atoms with E-state index >= 15 is 0 Å². The minimum atomic E-state index is 0.0300. The van der Waals surface area contributed by atoms with Crippen molar-refractivity contribution in [2.75, 3.05) is 10.6 Å². The van der Waals surface area contributed by atoms with E-state index in [0.717, 1.165) is 22.7 Å². The zero-order valence-electron chi connectivity index (χ0n) is 28.5. The number of rotatable bonds is 6. The van der Waals surface area contributed by atoms with E-state index in [1.165, 1.54) is 32.0 Å².